The third-order valence-electron chi connectivity index (χ3n) is 0.791. The average molecular weight is 140 g/mol. The highest BCUT2D eigenvalue weighted by Crippen LogP contribution is 1.96. The number of rotatable bonds is 4. The van der Waals surface area contributed by atoms with Gasteiger partial charge >= 0.3 is 0 Å². The van der Waals surface area contributed by atoms with Gasteiger partial charge < -0.3 is 9.84 Å². The molecule has 0 aromatic carbocycles. The summed E-state index contributed by atoms with van der Waals surface area (Å²) >= 11 is 0. The van der Waals surface area contributed by atoms with Gasteiger partial charge in [-0.05, 0) is 19.1 Å². The average Bonchev–Trinajstić information content (AvgIpc) is 1.85. The van der Waals surface area contributed by atoms with Crippen molar-refractivity contribution >= 4 is 0 Å². The SMILES string of the molecule is C=C(O)/C=C\C(=C)OCC. The van der Waals surface area contributed by atoms with Crippen LogP contribution in [0.3, 0.4) is 0 Å². The lowest BCUT2D eigenvalue weighted by Gasteiger charge is -1.98. The zero-order valence-corrected chi connectivity index (χ0v) is 6.13. The van der Waals surface area contributed by atoms with Crippen molar-refractivity contribution < 1.29 is 9.84 Å². The topological polar surface area (TPSA) is 29.5 Å². The summed E-state index contributed by atoms with van der Waals surface area (Å²) in [7, 11) is 0. The van der Waals surface area contributed by atoms with Crippen LogP contribution in [-0.2, 0) is 4.74 Å². The highest BCUT2D eigenvalue weighted by atomic mass is 16.5. The van der Waals surface area contributed by atoms with Gasteiger partial charge in [0.1, 0.15) is 11.5 Å². The maximum atomic E-state index is 8.59. The van der Waals surface area contributed by atoms with Crippen LogP contribution in [0.15, 0.2) is 36.8 Å². The second-order valence-corrected chi connectivity index (χ2v) is 1.72. The summed E-state index contributed by atoms with van der Waals surface area (Å²) in [4.78, 5) is 0. The fraction of sp³-hybridized carbons (Fsp3) is 0.250. The van der Waals surface area contributed by atoms with E-state index in [4.69, 9.17) is 9.84 Å². The molecule has 0 aliphatic carbocycles. The van der Waals surface area contributed by atoms with Crippen molar-refractivity contribution in [2.24, 2.45) is 0 Å². The first-order valence-corrected chi connectivity index (χ1v) is 3.04. The molecular formula is C8H12O2. The molecule has 2 heteroatoms. The maximum Gasteiger partial charge on any atom is 0.112 e. The smallest absolute Gasteiger partial charge is 0.112 e. The molecule has 0 fully saturated rings. The fourth-order valence-corrected chi connectivity index (χ4v) is 0.423. The molecular weight excluding hydrogens is 128 g/mol. The Morgan fingerprint density at radius 3 is 2.50 bits per heavy atom. The molecule has 10 heavy (non-hydrogen) atoms. The summed E-state index contributed by atoms with van der Waals surface area (Å²) in [5, 5.41) is 8.59. The summed E-state index contributed by atoms with van der Waals surface area (Å²) in [6.07, 6.45) is 2.99. The van der Waals surface area contributed by atoms with Crippen molar-refractivity contribution in [2.75, 3.05) is 6.61 Å². The molecule has 1 N–H and O–H groups in total. The maximum absolute atomic E-state index is 8.59. The zero-order valence-electron chi connectivity index (χ0n) is 6.13. The van der Waals surface area contributed by atoms with E-state index in [9.17, 15) is 0 Å². The van der Waals surface area contributed by atoms with Crippen LogP contribution in [0.2, 0.25) is 0 Å². The van der Waals surface area contributed by atoms with E-state index < -0.39 is 0 Å². The number of ether oxygens (including phenoxy) is 1. The van der Waals surface area contributed by atoms with Crippen molar-refractivity contribution in [1.29, 1.82) is 0 Å². The minimum Gasteiger partial charge on any atom is -0.509 e. The molecule has 0 rings (SSSR count). The van der Waals surface area contributed by atoms with E-state index in [1.165, 1.54) is 6.08 Å². The lowest BCUT2D eigenvalue weighted by Crippen LogP contribution is -1.85. The van der Waals surface area contributed by atoms with Crippen LogP contribution < -0.4 is 0 Å². The van der Waals surface area contributed by atoms with Gasteiger partial charge in [0, 0.05) is 0 Å². The number of aliphatic hydroxyl groups is 1. The Hall–Kier alpha value is -1.18. The lowest BCUT2D eigenvalue weighted by molar-refractivity contribution is 0.244. The molecule has 0 bridgehead atoms. The third-order valence-corrected chi connectivity index (χ3v) is 0.791. The number of allylic oxidation sites excluding steroid dienone is 2. The van der Waals surface area contributed by atoms with Crippen LogP contribution in [0, 0.1) is 0 Å². The molecule has 0 aromatic rings. The molecule has 0 unspecified atom stereocenters. The standard InChI is InChI=1S/C8H12O2/c1-4-10-8(3)6-5-7(2)9/h5-6,9H,2-4H2,1H3/b6-5-. The van der Waals surface area contributed by atoms with E-state index in [2.05, 4.69) is 13.2 Å². The minimum atomic E-state index is 0.000790. The van der Waals surface area contributed by atoms with Crippen molar-refractivity contribution in [1.82, 2.24) is 0 Å². The second-order valence-electron chi connectivity index (χ2n) is 1.72. The van der Waals surface area contributed by atoms with Crippen LogP contribution in [0.5, 0.6) is 0 Å². The second kappa shape index (κ2) is 4.68. The number of aliphatic hydroxyl groups excluding tert-OH is 1. The molecule has 0 saturated carbocycles. The van der Waals surface area contributed by atoms with Crippen LogP contribution in [0.25, 0.3) is 0 Å². The molecule has 0 aliphatic rings. The van der Waals surface area contributed by atoms with E-state index in [1.54, 1.807) is 6.08 Å². The first kappa shape index (κ1) is 8.82. The van der Waals surface area contributed by atoms with E-state index in [0.29, 0.717) is 12.4 Å². The molecule has 0 aliphatic heterocycles. The predicted molar refractivity (Wildman–Crippen MR) is 41.7 cm³/mol. The van der Waals surface area contributed by atoms with Crippen LogP contribution in [0.4, 0.5) is 0 Å². The van der Waals surface area contributed by atoms with Crippen LogP contribution in [0.1, 0.15) is 6.92 Å². The van der Waals surface area contributed by atoms with Gasteiger partial charge in [0.25, 0.3) is 0 Å². The molecule has 0 amide bonds. The van der Waals surface area contributed by atoms with Crippen molar-refractivity contribution in [3.63, 3.8) is 0 Å². The summed E-state index contributed by atoms with van der Waals surface area (Å²) in [6, 6.07) is 0. The fourth-order valence-electron chi connectivity index (χ4n) is 0.423. The molecule has 0 aromatic heterocycles. The molecule has 0 saturated heterocycles. The van der Waals surface area contributed by atoms with E-state index in [1.807, 2.05) is 6.92 Å². The highest BCUT2D eigenvalue weighted by Gasteiger charge is 1.84. The predicted octanol–water partition coefficient (Wildman–Crippen LogP) is 2.16. The van der Waals surface area contributed by atoms with Gasteiger partial charge in [0.05, 0.1) is 6.61 Å². The molecule has 0 radical (unpaired) electrons. The normalized spacial score (nSPS) is 9.70. The highest BCUT2D eigenvalue weighted by molar-refractivity contribution is 5.15. The van der Waals surface area contributed by atoms with Crippen molar-refractivity contribution in [3.8, 4) is 0 Å². The Labute approximate surface area is 61.1 Å². The van der Waals surface area contributed by atoms with E-state index in [-0.39, 0.29) is 5.76 Å². The molecule has 56 valence electrons. The number of hydrogen-bond donors (Lipinski definition) is 1. The largest absolute Gasteiger partial charge is 0.509 e. The number of hydrogen-bond acceptors (Lipinski definition) is 2. The van der Waals surface area contributed by atoms with Crippen molar-refractivity contribution in [2.45, 2.75) is 6.92 Å². The molecule has 0 atom stereocenters. The first-order valence-electron chi connectivity index (χ1n) is 3.04. The quantitative estimate of drug-likeness (QED) is 0.479. The Morgan fingerprint density at radius 2 is 2.10 bits per heavy atom. The van der Waals surface area contributed by atoms with Gasteiger partial charge in [-0.25, -0.2) is 0 Å². The van der Waals surface area contributed by atoms with Gasteiger partial charge in [-0.3, -0.25) is 0 Å². The van der Waals surface area contributed by atoms with Gasteiger partial charge in [-0.2, -0.15) is 0 Å². The third kappa shape index (κ3) is 4.97. The van der Waals surface area contributed by atoms with E-state index >= 15 is 0 Å². The monoisotopic (exact) mass is 140 g/mol. The van der Waals surface area contributed by atoms with Crippen LogP contribution in [-0.4, -0.2) is 11.7 Å². The zero-order chi connectivity index (χ0) is 7.98. The minimum absolute atomic E-state index is 0.000790. The first-order chi connectivity index (χ1) is 4.66. The van der Waals surface area contributed by atoms with Gasteiger partial charge in [-0.1, -0.05) is 13.2 Å². The summed E-state index contributed by atoms with van der Waals surface area (Å²) in [5.41, 5.74) is 0. The van der Waals surface area contributed by atoms with Crippen molar-refractivity contribution in [3.05, 3.63) is 36.8 Å². The van der Waals surface area contributed by atoms with Gasteiger partial charge in [-0.15, -0.1) is 0 Å². The van der Waals surface area contributed by atoms with E-state index in [0.717, 1.165) is 0 Å². The summed E-state index contributed by atoms with van der Waals surface area (Å²) in [6.45, 7) is 9.27. The Bertz CT molecular complexity index is 157. The summed E-state index contributed by atoms with van der Waals surface area (Å²) in [5.74, 6) is 0.526. The Morgan fingerprint density at radius 1 is 1.50 bits per heavy atom. The van der Waals surface area contributed by atoms with Gasteiger partial charge in [0.15, 0.2) is 0 Å². The molecule has 0 heterocycles. The molecule has 0 spiro atoms. The Balaban J connectivity index is 3.67. The van der Waals surface area contributed by atoms with Crippen LogP contribution >= 0.6 is 0 Å². The van der Waals surface area contributed by atoms with Gasteiger partial charge in [0.2, 0.25) is 0 Å². The molecule has 2 nitrogen and oxygen atoms in total. The lowest BCUT2D eigenvalue weighted by atomic mass is 10.4. The Kier molecular flexibility index (Phi) is 4.12. The summed E-state index contributed by atoms with van der Waals surface area (Å²) < 4.78 is 4.96.